The predicted molar refractivity (Wildman–Crippen MR) is 193 cm³/mol. The largest absolute Gasteiger partial charge is 0.487 e. The van der Waals surface area contributed by atoms with Crippen molar-refractivity contribution in [3.8, 4) is 5.75 Å². The minimum atomic E-state index is -0.447. The zero-order valence-corrected chi connectivity index (χ0v) is 30.3. The molecule has 1 spiro atoms. The molecule has 0 N–H and O–H groups in total. The molecular formula is C39H49ClN6O3. The Morgan fingerprint density at radius 2 is 1.67 bits per heavy atom. The number of amides is 1. The van der Waals surface area contributed by atoms with Gasteiger partial charge in [0.1, 0.15) is 18.0 Å². The molecule has 0 aliphatic carbocycles. The highest BCUT2D eigenvalue weighted by Crippen LogP contribution is 2.42. The normalized spacial score (nSPS) is 18.6. The summed E-state index contributed by atoms with van der Waals surface area (Å²) in [6, 6.07) is 15.5. The average Bonchev–Trinajstić information content (AvgIpc) is 3.06. The standard InChI is InChI=1S/C39H49ClN6O3/c1-37(2,3)49-36(47)45-17-12-28(13-18-45)24-44-19-14-39(15-20-44)26-46(27-39)35-42-16-11-32(43-35)25-48-34-9-7-29(8-10-34)38(4,5)30-21-31(40)23-33(22-30)41-6/h7-11,16,21-23,28H,12-15,17-20,24-27H2,1-5H3. The number of aromatic nitrogens is 2. The molecular weight excluding hydrogens is 636 g/mol. The lowest BCUT2D eigenvalue weighted by atomic mass is 9.72. The summed E-state index contributed by atoms with van der Waals surface area (Å²) in [6.45, 7) is 24.8. The van der Waals surface area contributed by atoms with Crippen LogP contribution >= 0.6 is 11.6 Å². The fraction of sp³-hybridized carbons (Fsp3) is 0.538. The molecule has 0 unspecified atom stereocenters. The van der Waals surface area contributed by atoms with Gasteiger partial charge in [-0.15, -0.1) is 0 Å². The molecule has 1 aromatic heterocycles. The Morgan fingerprint density at radius 3 is 2.33 bits per heavy atom. The van der Waals surface area contributed by atoms with Crippen molar-refractivity contribution in [2.24, 2.45) is 11.3 Å². The van der Waals surface area contributed by atoms with Gasteiger partial charge in [-0.25, -0.2) is 19.6 Å². The van der Waals surface area contributed by atoms with Crippen LogP contribution in [-0.2, 0) is 16.8 Å². The Bertz CT molecular complexity index is 1660. The van der Waals surface area contributed by atoms with Crippen molar-refractivity contribution in [3.05, 3.63) is 88.0 Å². The van der Waals surface area contributed by atoms with Crippen LogP contribution in [0.3, 0.4) is 0 Å². The third-order valence-corrected chi connectivity index (χ3v) is 10.6. The number of anilines is 1. The van der Waals surface area contributed by atoms with Crippen LogP contribution in [0.1, 0.15) is 77.1 Å². The predicted octanol–water partition coefficient (Wildman–Crippen LogP) is 8.13. The Labute approximate surface area is 296 Å². The summed E-state index contributed by atoms with van der Waals surface area (Å²) in [4.78, 5) is 32.2. The highest BCUT2D eigenvalue weighted by Gasteiger charge is 2.46. The van der Waals surface area contributed by atoms with E-state index in [9.17, 15) is 4.79 Å². The van der Waals surface area contributed by atoms with E-state index in [1.54, 1.807) is 6.07 Å². The van der Waals surface area contributed by atoms with Crippen LogP contribution in [-0.4, -0.2) is 77.3 Å². The minimum Gasteiger partial charge on any atom is -0.487 e. The zero-order valence-electron chi connectivity index (χ0n) is 29.5. The summed E-state index contributed by atoms with van der Waals surface area (Å²) in [5.74, 6) is 2.20. The maximum Gasteiger partial charge on any atom is 0.410 e. The van der Waals surface area contributed by atoms with Gasteiger partial charge in [-0.05, 0) is 107 Å². The highest BCUT2D eigenvalue weighted by atomic mass is 35.5. The summed E-state index contributed by atoms with van der Waals surface area (Å²) in [5.41, 5.74) is 3.09. The smallest absolute Gasteiger partial charge is 0.410 e. The van der Waals surface area contributed by atoms with Crippen LogP contribution in [0.2, 0.25) is 5.02 Å². The second-order valence-electron chi connectivity index (χ2n) is 15.7. The van der Waals surface area contributed by atoms with E-state index in [-0.39, 0.29) is 11.5 Å². The molecule has 3 fully saturated rings. The lowest BCUT2D eigenvalue weighted by Crippen LogP contribution is -2.61. The molecule has 0 bridgehead atoms. The third kappa shape index (κ3) is 8.48. The second-order valence-corrected chi connectivity index (χ2v) is 16.1. The number of rotatable bonds is 8. The maximum absolute atomic E-state index is 12.4. The molecule has 1 amide bonds. The van der Waals surface area contributed by atoms with E-state index in [1.807, 2.05) is 62.2 Å². The van der Waals surface area contributed by atoms with Gasteiger partial charge < -0.3 is 24.2 Å². The number of nitrogens with zero attached hydrogens (tertiary/aromatic N) is 6. The van der Waals surface area contributed by atoms with Crippen LogP contribution in [0.4, 0.5) is 16.4 Å². The number of carbonyl (C=O) groups is 1. The monoisotopic (exact) mass is 684 g/mol. The number of halogens is 1. The van der Waals surface area contributed by atoms with Crippen molar-refractivity contribution in [2.45, 2.75) is 77.9 Å². The number of hydrogen-bond donors (Lipinski definition) is 0. The van der Waals surface area contributed by atoms with E-state index in [2.05, 4.69) is 45.6 Å². The lowest BCUT2D eigenvalue weighted by Gasteiger charge is -2.54. The number of likely N-dealkylation sites (tertiary alicyclic amines) is 2. The molecule has 2 aromatic carbocycles. The van der Waals surface area contributed by atoms with Crippen molar-refractivity contribution < 1.29 is 14.3 Å². The Hall–Kier alpha value is -3.87. The van der Waals surface area contributed by atoms with Gasteiger partial charge in [0.2, 0.25) is 5.95 Å². The van der Waals surface area contributed by atoms with Crippen molar-refractivity contribution >= 4 is 29.3 Å². The van der Waals surface area contributed by atoms with Gasteiger partial charge in [-0.1, -0.05) is 43.6 Å². The van der Waals surface area contributed by atoms with E-state index in [0.717, 1.165) is 87.2 Å². The van der Waals surface area contributed by atoms with Gasteiger partial charge in [0, 0.05) is 54.8 Å². The number of piperidine rings is 2. The topological polar surface area (TPSA) is 75.4 Å². The molecule has 0 radical (unpaired) electrons. The van der Waals surface area contributed by atoms with E-state index in [4.69, 9.17) is 32.6 Å². The fourth-order valence-electron chi connectivity index (χ4n) is 7.33. The van der Waals surface area contributed by atoms with Gasteiger partial charge in [0.05, 0.1) is 12.3 Å². The molecule has 3 aliphatic rings. The second kappa shape index (κ2) is 14.2. The molecule has 260 valence electrons. The number of hydrogen-bond acceptors (Lipinski definition) is 7. The molecule has 9 nitrogen and oxygen atoms in total. The van der Waals surface area contributed by atoms with Crippen molar-refractivity contribution in [3.63, 3.8) is 0 Å². The lowest BCUT2D eigenvalue weighted by molar-refractivity contribution is 0.0144. The van der Waals surface area contributed by atoms with Gasteiger partial charge in [-0.3, -0.25) is 0 Å². The first-order chi connectivity index (χ1) is 23.3. The van der Waals surface area contributed by atoms with Crippen LogP contribution in [0.25, 0.3) is 4.85 Å². The first kappa shape index (κ1) is 35.0. The van der Waals surface area contributed by atoms with Crippen molar-refractivity contribution in [2.75, 3.05) is 50.7 Å². The van der Waals surface area contributed by atoms with Gasteiger partial charge in [-0.2, -0.15) is 0 Å². The van der Waals surface area contributed by atoms with E-state index >= 15 is 0 Å². The first-order valence-electron chi connectivity index (χ1n) is 17.5. The van der Waals surface area contributed by atoms with E-state index < -0.39 is 5.60 Å². The minimum absolute atomic E-state index is 0.179. The SMILES string of the molecule is [C-]#[N+]c1cc(Cl)cc(C(C)(C)c2ccc(OCc3ccnc(N4CC5(CCN(CC6CCN(C(=O)OC(C)(C)C)CC6)CC5)C4)n3)cc2)c1. The molecule has 3 saturated heterocycles. The quantitative estimate of drug-likeness (QED) is 0.222. The molecule has 10 heteroatoms. The first-order valence-corrected chi connectivity index (χ1v) is 17.9. The maximum atomic E-state index is 12.4. The summed E-state index contributed by atoms with van der Waals surface area (Å²) < 4.78 is 11.7. The number of benzene rings is 2. The molecule has 4 heterocycles. The van der Waals surface area contributed by atoms with E-state index in [0.29, 0.717) is 28.6 Å². The average molecular weight is 685 g/mol. The summed E-state index contributed by atoms with van der Waals surface area (Å²) in [7, 11) is 0. The molecule has 49 heavy (non-hydrogen) atoms. The number of carbonyl (C=O) groups excluding carboxylic acids is 1. The molecule has 0 atom stereocenters. The summed E-state index contributed by atoms with van der Waals surface area (Å²) in [6.07, 6.45) is 6.15. The molecule has 3 aliphatic heterocycles. The Kier molecular flexibility index (Phi) is 10.1. The van der Waals surface area contributed by atoms with Gasteiger partial charge in [0.25, 0.3) is 0 Å². The fourth-order valence-corrected chi connectivity index (χ4v) is 7.56. The third-order valence-electron chi connectivity index (χ3n) is 10.4. The van der Waals surface area contributed by atoms with Crippen molar-refractivity contribution in [1.29, 1.82) is 0 Å². The summed E-state index contributed by atoms with van der Waals surface area (Å²) >= 11 is 6.30. The highest BCUT2D eigenvalue weighted by molar-refractivity contribution is 6.31. The number of ether oxygens (including phenoxy) is 2. The van der Waals surface area contributed by atoms with Crippen LogP contribution in [0.5, 0.6) is 5.75 Å². The molecule has 6 rings (SSSR count). The molecule has 3 aromatic rings. The Morgan fingerprint density at radius 1 is 0.980 bits per heavy atom. The van der Waals surface area contributed by atoms with E-state index in [1.165, 1.54) is 12.8 Å². The van der Waals surface area contributed by atoms with Gasteiger partial charge in [0.15, 0.2) is 5.69 Å². The van der Waals surface area contributed by atoms with Crippen LogP contribution in [0.15, 0.2) is 54.7 Å². The van der Waals surface area contributed by atoms with Crippen LogP contribution < -0.4 is 9.64 Å². The van der Waals surface area contributed by atoms with Crippen molar-refractivity contribution in [1.82, 2.24) is 19.8 Å². The molecule has 0 saturated carbocycles. The van der Waals surface area contributed by atoms with Crippen LogP contribution in [0, 0.1) is 17.9 Å². The summed E-state index contributed by atoms with van der Waals surface area (Å²) in [5, 5.41) is 0.571. The van der Waals surface area contributed by atoms with Gasteiger partial charge >= 0.3 is 6.09 Å². The Balaban J connectivity index is 0.945. The zero-order chi connectivity index (χ0) is 34.8.